The minimum absolute atomic E-state index is 0.231. The molecule has 1 aromatic heterocycles. The number of piperidine rings is 1. The Labute approximate surface area is 96.4 Å². The molecule has 2 heterocycles. The van der Waals surface area contributed by atoms with Crippen molar-refractivity contribution in [1.29, 1.82) is 0 Å². The minimum Gasteiger partial charge on any atom is -0.317 e. The standard InChI is InChI=1S/C12H20N4/c1-9-14-15-11(16(9)10-3-4-10)12(2)5-7-13-8-6-12/h10,13H,3-8H2,1-2H3. The predicted octanol–water partition coefficient (Wildman–Crippen LogP) is 1.56. The molecule has 1 saturated heterocycles. The summed E-state index contributed by atoms with van der Waals surface area (Å²) in [4.78, 5) is 0. The molecule has 16 heavy (non-hydrogen) atoms. The van der Waals surface area contributed by atoms with Gasteiger partial charge in [-0.1, -0.05) is 6.92 Å². The van der Waals surface area contributed by atoms with Crippen LogP contribution < -0.4 is 5.32 Å². The molecule has 1 aliphatic carbocycles. The molecule has 3 rings (SSSR count). The average Bonchev–Trinajstić information content (AvgIpc) is 3.03. The van der Waals surface area contributed by atoms with Crippen molar-refractivity contribution in [3.63, 3.8) is 0 Å². The first-order valence-corrected chi connectivity index (χ1v) is 6.33. The largest absolute Gasteiger partial charge is 0.317 e. The number of rotatable bonds is 2. The second-order valence-corrected chi connectivity index (χ2v) is 5.48. The van der Waals surface area contributed by atoms with Gasteiger partial charge in [0.15, 0.2) is 0 Å². The van der Waals surface area contributed by atoms with Gasteiger partial charge in [-0.25, -0.2) is 0 Å². The molecule has 0 radical (unpaired) electrons. The van der Waals surface area contributed by atoms with Crippen LogP contribution in [-0.2, 0) is 5.41 Å². The van der Waals surface area contributed by atoms with E-state index in [2.05, 4.69) is 33.9 Å². The van der Waals surface area contributed by atoms with Gasteiger partial charge in [0, 0.05) is 11.5 Å². The second kappa shape index (κ2) is 3.55. The lowest BCUT2D eigenvalue weighted by Crippen LogP contribution is -2.39. The zero-order valence-electron chi connectivity index (χ0n) is 10.2. The molecule has 4 heteroatoms. The Morgan fingerprint density at radius 2 is 1.94 bits per heavy atom. The Bertz CT molecular complexity index is 386. The van der Waals surface area contributed by atoms with Crippen LogP contribution in [0.2, 0.25) is 0 Å². The molecule has 0 bridgehead atoms. The number of nitrogens with zero attached hydrogens (tertiary/aromatic N) is 3. The van der Waals surface area contributed by atoms with Crippen molar-refractivity contribution in [2.24, 2.45) is 0 Å². The van der Waals surface area contributed by atoms with E-state index in [-0.39, 0.29) is 5.41 Å². The van der Waals surface area contributed by atoms with Gasteiger partial charge in [0.1, 0.15) is 11.6 Å². The first kappa shape index (κ1) is 10.3. The lowest BCUT2D eigenvalue weighted by atomic mass is 9.80. The topological polar surface area (TPSA) is 42.7 Å². The Morgan fingerprint density at radius 3 is 2.56 bits per heavy atom. The fourth-order valence-electron chi connectivity index (χ4n) is 2.75. The lowest BCUT2D eigenvalue weighted by molar-refractivity contribution is 0.307. The molecule has 1 aromatic rings. The third-order valence-corrected chi connectivity index (χ3v) is 4.03. The van der Waals surface area contributed by atoms with Gasteiger partial charge in [0.05, 0.1) is 0 Å². The summed E-state index contributed by atoms with van der Waals surface area (Å²) in [6, 6.07) is 0.691. The van der Waals surface area contributed by atoms with Crippen molar-refractivity contribution in [1.82, 2.24) is 20.1 Å². The molecule has 1 saturated carbocycles. The first-order valence-electron chi connectivity index (χ1n) is 6.33. The van der Waals surface area contributed by atoms with E-state index in [9.17, 15) is 0 Å². The van der Waals surface area contributed by atoms with Crippen LogP contribution in [-0.4, -0.2) is 27.9 Å². The van der Waals surface area contributed by atoms with Crippen molar-refractivity contribution < 1.29 is 0 Å². The van der Waals surface area contributed by atoms with E-state index < -0.39 is 0 Å². The summed E-state index contributed by atoms with van der Waals surface area (Å²) >= 11 is 0. The summed E-state index contributed by atoms with van der Waals surface area (Å²) in [5.41, 5.74) is 0.231. The summed E-state index contributed by atoms with van der Waals surface area (Å²) in [5, 5.41) is 12.2. The zero-order chi connectivity index (χ0) is 11.2. The van der Waals surface area contributed by atoms with E-state index in [4.69, 9.17) is 0 Å². The van der Waals surface area contributed by atoms with Gasteiger partial charge in [0.2, 0.25) is 0 Å². The van der Waals surface area contributed by atoms with Gasteiger partial charge in [-0.3, -0.25) is 0 Å². The molecule has 1 N–H and O–H groups in total. The smallest absolute Gasteiger partial charge is 0.139 e. The Balaban J connectivity index is 1.98. The molecule has 0 aromatic carbocycles. The molecule has 0 unspecified atom stereocenters. The zero-order valence-corrected chi connectivity index (χ0v) is 10.2. The van der Waals surface area contributed by atoms with Gasteiger partial charge in [0.25, 0.3) is 0 Å². The number of hydrogen-bond acceptors (Lipinski definition) is 3. The molecule has 2 aliphatic rings. The van der Waals surface area contributed by atoms with E-state index >= 15 is 0 Å². The van der Waals surface area contributed by atoms with Gasteiger partial charge in [-0.05, 0) is 45.7 Å². The van der Waals surface area contributed by atoms with Crippen LogP contribution in [0.15, 0.2) is 0 Å². The van der Waals surface area contributed by atoms with Crippen molar-refractivity contribution in [3.8, 4) is 0 Å². The van der Waals surface area contributed by atoms with Crippen LogP contribution in [0.3, 0.4) is 0 Å². The Hall–Kier alpha value is -0.900. The number of aryl methyl sites for hydroxylation is 1. The lowest BCUT2D eigenvalue weighted by Gasteiger charge is -2.33. The van der Waals surface area contributed by atoms with Crippen molar-refractivity contribution in [2.45, 2.75) is 51.0 Å². The van der Waals surface area contributed by atoms with Crippen LogP contribution in [0.1, 0.15) is 50.3 Å². The molecule has 1 aliphatic heterocycles. The molecule has 0 spiro atoms. The minimum atomic E-state index is 0.231. The summed E-state index contributed by atoms with van der Waals surface area (Å²) in [7, 11) is 0. The third kappa shape index (κ3) is 1.56. The monoisotopic (exact) mass is 220 g/mol. The van der Waals surface area contributed by atoms with Crippen LogP contribution in [0.4, 0.5) is 0 Å². The Kier molecular flexibility index (Phi) is 2.28. The number of aromatic nitrogens is 3. The summed E-state index contributed by atoms with van der Waals surface area (Å²) in [6.45, 7) is 6.63. The van der Waals surface area contributed by atoms with Crippen molar-refractivity contribution in [2.75, 3.05) is 13.1 Å². The highest BCUT2D eigenvalue weighted by Gasteiger charge is 2.38. The van der Waals surface area contributed by atoms with Gasteiger partial charge < -0.3 is 9.88 Å². The van der Waals surface area contributed by atoms with Crippen molar-refractivity contribution in [3.05, 3.63) is 11.6 Å². The SMILES string of the molecule is Cc1nnc(C2(C)CCNCC2)n1C1CC1. The third-order valence-electron chi connectivity index (χ3n) is 4.03. The van der Waals surface area contributed by atoms with E-state index in [1.165, 1.54) is 31.5 Å². The first-order chi connectivity index (χ1) is 7.71. The maximum absolute atomic E-state index is 4.46. The second-order valence-electron chi connectivity index (χ2n) is 5.48. The van der Waals surface area contributed by atoms with Crippen LogP contribution in [0.5, 0.6) is 0 Å². The summed E-state index contributed by atoms with van der Waals surface area (Å²) < 4.78 is 2.39. The molecule has 2 fully saturated rings. The van der Waals surface area contributed by atoms with E-state index in [1.54, 1.807) is 0 Å². The highest BCUT2D eigenvalue weighted by Crippen LogP contribution is 2.41. The fourth-order valence-corrected chi connectivity index (χ4v) is 2.75. The summed E-state index contributed by atoms with van der Waals surface area (Å²) in [5.74, 6) is 2.33. The van der Waals surface area contributed by atoms with Crippen LogP contribution in [0.25, 0.3) is 0 Å². The van der Waals surface area contributed by atoms with Gasteiger partial charge >= 0.3 is 0 Å². The quantitative estimate of drug-likeness (QED) is 0.822. The number of nitrogens with one attached hydrogen (secondary N) is 1. The van der Waals surface area contributed by atoms with Crippen LogP contribution in [0, 0.1) is 6.92 Å². The predicted molar refractivity (Wildman–Crippen MR) is 62.5 cm³/mol. The number of hydrogen-bond donors (Lipinski definition) is 1. The summed E-state index contributed by atoms with van der Waals surface area (Å²) in [6.07, 6.45) is 4.97. The average molecular weight is 220 g/mol. The van der Waals surface area contributed by atoms with E-state index in [0.29, 0.717) is 6.04 Å². The van der Waals surface area contributed by atoms with Gasteiger partial charge in [-0.2, -0.15) is 0 Å². The highest BCUT2D eigenvalue weighted by molar-refractivity contribution is 5.13. The molecule has 0 atom stereocenters. The molecule has 0 amide bonds. The highest BCUT2D eigenvalue weighted by atomic mass is 15.3. The molecule has 88 valence electrons. The van der Waals surface area contributed by atoms with E-state index in [1.807, 2.05) is 0 Å². The van der Waals surface area contributed by atoms with Crippen molar-refractivity contribution >= 4 is 0 Å². The maximum Gasteiger partial charge on any atom is 0.139 e. The van der Waals surface area contributed by atoms with Gasteiger partial charge in [-0.15, -0.1) is 10.2 Å². The fraction of sp³-hybridized carbons (Fsp3) is 0.833. The molecular formula is C12H20N4. The van der Waals surface area contributed by atoms with E-state index in [0.717, 1.165) is 18.9 Å². The molecule has 4 nitrogen and oxygen atoms in total. The molecular weight excluding hydrogens is 200 g/mol. The Morgan fingerprint density at radius 1 is 1.25 bits per heavy atom. The maximum atomic E-state index is 4.46. The van der Waals surface area contributed by atoms with Crippen LogP contribution >= 0.6 is 0 Å². The normalized spacial score (nSPS) is 24.6.